The van der Waals surface area contributed by atoms with E-state index in [4.69, 9.17) is 0 Å². The third-order valence-corrected chi connectivity index (χ3v) is 5.66. The van der Waals surface area contributed by atoms with Gasteiger partial charge in [0.05, 0.1) is 6.33 Å². The Kier molecular flexibility index (Phi) is 3.02. The molecule has 3 rings (SSSR count). The first kappa shape index (κ1) is 14.0. The first-order valence-electron chi connectivity index (χ1n) is 6.45. The van der Waals surface area contributed by atoms with Gasteiger partial charge in [0.2, 0.25) is 0 Å². The molecule has 2 aliphatic heterocycles. The Hall–Kier alpha value is -1.94. The van der Waals surface area contributed by atoms with Crippen LogP contribution in [0.4, 0.5) is 4.79 Å². The fourth-order valence-corrected chi connectivity index (χ4v) is 4.05. The van der Waals surface area contributed by atoms with Gasteiger partial charge in [-0.3, -0.25) is 10.1 Å². The highest BCUT2D eigenvalue weighted by molar-refractivity contribution is 7.89. The molecular weight excluding hydrogens is 298 g/mol. The van der Waals surface area contributed by atoms with Crippen molar-refractivity contribution in [1.82, 2.24) is 24.5 Å². The fraction of sp³-hybridized carbons (Fsp3) is 0.545. The number of amides is 3. The van der Waals surface area contributed by atoms with E-state index in [1.807, 2.05) is 0 Å². The van der Waals surface area contributed by atoms with Crippen molar-refractivity contribution in [1.29, 1.82) is 0 Å². The third-order valence-electron chi connectivity index (χ3n) is 3.88. The third kappa shape index (κ3) is 2.20. The first-order valence-corrected chi connectivity index (χ1v) is 7.89. The maximum atomic E-state index is 12.4. The van der Waals surface area contributed by atoms with E-state index in [-0.39, 0.29) is 36.9 Å². The minimum absolute atomic E-state index is 0.0131. The molecule has 0 saturated carbocycles. The molecule has 0 aromatic carbocycles. The molecule has 2 fully saturated rings. The average molecular weight is 313 g/mol. The van der Waals surface area contributed by atoms with Gasteiger partial charge in [0, 0.05) is 26.3 Å². The van der Waals surface area contributed by atoms with Gasteiger partial charge < -0.3 is 9.88 Å². The number of nitrogens with zero attached hydrogens (tertiary/aromatic N) is 3. The van der Waals surface area contributed by atoms with Crippen LogP contribution < -0.4 is 10.6 Å². The second-order valence-electron chi connectivity index (χ2n) is 5.27. The Morgan fingerprint density at radius 1 is 1.29 bits per heavy atom. The van der Waals surface area contributed by atoms with Gasteiger partial charge in [-0.05, 0) is 12.8 Å². The normalized spacial score (nSPS) is 22.3. The zero-order chi connectivity index (χ0) is 15.3. The molecule has 2 aliphatic rings. The maximum absolute atomic E-state index is 12.4. The van der Waals surface area contributed by atoms with E-state index in [9.17, 15) is 18.0 Å². The number of hydrogen-bond donors (Lipinski definition) is 2. The fourth-order valence-electron chi connectivity index (χ4n) is 2.64. The average Bonchev–Trinajstić information content (AvgIpc) is 2.96. The van der Waals surface area contributed by atoms with Crippen LogP contribution in [0.25, 0.3) is 0 Å². The first-order chi connectivity index (χ1) is 9.83. The lowest BCUT2D eigenvalue weighted by Gasteiger charge is -2.35. The van der Waals surface area contributed by atoms with Crippen LogP contribution in [-0.2, 0) is 21.9 Å². The largest absolute Gasteiger partial charge is 0.339 e. The number of carbonyl (C=O) groups is 2. The van der Waals surface area contributed by atoms with Crippen LogP contribution in [-0.4, -0.2) is 52.8 Å². The molecule has 10 heteroatoms. The number of imidazole rings is 1. The van der Waals surface area contributed by atoms with Crippen molar-refractivity contribution in [3.05, 3.63) is 12.5 Å². The summed E-state index contributed by atoms with van der Waals surface area (Å²) in [7, 11) is -1.97. The predicted octanol–water partition coefficient (Wildman–Crippen LogP) is -1.22. The molecule has 2 saturated heterocycles. The highest BCUT2D eigenvalue weighted by Gasteiger charge is 2.49. The molecular formula is C11H15N5O4S. The molecule has 3 heterocycles. The molecule has 9 nitrogen and oxygen atoms in total. The number of piperidine rings is 1. The number of rotatable bonds is 2. The lowest BCUT2D eigenvalue weighted by molar-refractivity contribution is -0.125. The highest BCUT2D eigenvalue weighted by Crippen LogP contribution is 2.28. The lowest BCUT2D eigenvalue weighted by Crippen LogP contribution is -2.55. The number of aryl methyl sites for hydroxylation is 1. The van der Waals surface area contributed by atoms with Crippen molar-refractivity contribution in [3.8, 4) is 0 Å². The summed E-state index contributed by atoms with van der Waals surface area (Å²) in [6.45, 7) is 0.319. The van der Waals surface area contributed by atoms with Crippen molar-refractivity contribution in [2.75, 3.05) is 13.1 Å². The van der Waals surface area contributed by atoms with Crippen molar-refractivity contribution < 1.29 is 18.0 Å². The summed E-state index contributed by atoms with van der Waals surface area (Å²) in [6.07, 6.45) is 3.35. The molecule has 1 spiro atoms. The summed E-state index contributed by atoms with van der Waals surface area (Å²) in [5.41, 5.74) is -0.979. The van der Waals surface area contributed by atoms with Gasteiger partial charge in [0.25, 0.3) is 15.9 Å². The number of sulfonamides is 1. The second-order valence-corrected chi connectivity index (χ2v) is 7.16. The molecule has 0 radical (unpaired) electrons. The molecule has 0 atom stereocenters. The Morgan fingerprint density at radius 3 is 2.43 bits per heavy atom. The van der Waals surface area contributed by atoms with Gasteiger partial charge in [-0.2, -0.15) is 4.31 Å². The summed E-state index contributed by atoms with van der Waals surface area (Å²) >= 11 is 0. The van der Waals surface area contributed by atoms with Crippen molar-refractivity contribution in [3.63, 3.8) is 0 Å². The minimum Gasteiger partial charge on any atom is -0.339 e. The van der Waals surface area contributed by atoms with E-state index in [1.54, 1.807) is 11.6 Å². The quantitative estimate of drug-likeness (QED) is 0.665. The molecule has 21 heavy (non-hydrogen) atoms. The molecule has 0 unspecified atom stereocenters. The van der Waals surface area contributed by atoms with Crippen molar-refractivity contribution in [2.24, 2.45) is 7.05 Å². The zero-order valence-corrected chi connectivity index (χ0v) is 12.2. The van der Waals surface area contributed by atoms with E-state index in [1.165, 1.54) is 16.8 Å². The SMILES string of the molecule is Cn1cnc(S(=O)(=O)N2CCC3(CC2)NC(=O)NC3=O)c1. The number of carbonyl (C=O) groups excluding carboxylic acids is 2. The Balaban J connectivity index is 1.77. The molecule has 114 valence electrons. The van der Waals surface area contributed by atoms with Gasteiger partial charge in [-0.15, -0.1) is 0 Å². The van der Waals surface area contributed by atoms with Crippen LogP contribution in [0.5, 0.6) is 0 Å². The monoisotopic (exact) mass is 313 g/mol. The maximum Gasteiger partial charge on any atom is 0.322 e. The summed E-state index contributed by atoms with van der Waals surface area (Å²) in [4.78, 5) is 26.9. The zero-order valence-electron chi connectivity index (χ0n) is 11.4. The van der Waals surface area contributed by atoms with Gasteiger partial charge in [0.15, 0.2) is 5.03 Å². The van der Waals surface area contributed by atoms with Crippen molar-refractivity contribution >= 4 is 22.0 Å². The van der Waals surface area contributed by atoms with E-state index >= 15 is 0 Å². The molecule has 0 bridgehead atoms. The van der Waals surface area contributed by atoms with Gasteiger partial charge >= 0.3 is 6.03 Å². The lowest BCUT2D eigenvalue weighted by atomic mass is 9.89. The Bertz CT molecular complexity index is 702. The van der Waals surface area contributed by atoms with Gasteiger partial charge in [0.1, 0.15) is 5.54 Å². The van der Waals surface area contributed by atoms with Crippen LogP contribution in [0.3, 0.4) is 0 Å². The number of nitrogens with one attached hydrogen (secondary N) is 2. The second kappa shape index (κ2) is 4.53. The molecule has 2 N–H and O–H groups in total. The number of urea groups is 1. The van der Waals surface area contributed by atoms with Crippen LogP contribution in [0, 0.1) is 0 Å². The van der Waals surface area contributed by atoms with Crippen LogP contribution in [0.15, 0.2) is 17.6 Å². The minimum atomic E-state index is -3.66. The Labute approximate surface area is 121 Å². The molecule has 1 aromatic heterocycles. The van der Waals surface area contributed by atoms with Crippen LogP contribution in [0.2, 0.25) is 0 Å². The standard InChI is InChI=1S/C11H15N5O4S/c1-15-6-8(12-7-15)21(19,20)16-4-2-11(3-5-16)9(17)13-10(18)14-11/h6-7H,2-5H2,1H3,(H2,13,14,17,18). The van der Waals surface area contributed by atoms with Gasteiger partial charge in [-0.25, -0.2) is 18.2 Å². The highest BCUT2D eigenvalue weighted by atomic mass is 32.2. The summed E-state index contributed by atoms with van der Waals surface area (Å²) in [5.74, 6) is -0.387. The Morgan fingerprint density at radius 2 is 1.95 bits per heavy atom. The van der Waals surface area contributed by atoms with Gasteiger partial charge in [-0.1, -0.05) is 0 Å². The molecule has 0 aliphatic carbocycles. The predicted molar refractivity (Wildman–Crippen MR) is 70.6 cm³/mol. The summed E-state index contributed by atoms with van der Waals surface area (Å²) < 4.78 is 27.7. The molecule has 1 aromatic rings. The number of aromatic nitrogens is 2. The summed E-state index contributed by atoms with van der Waals surface area (Å²) in [6, 6.07) is -0.527. The smallest absolute Gasteiger partial charge is 0.322 e. The van der Waals surface area contributed by atoms with E-state index < -0.39 is 21.6 Å². The number of imide groups is 1. The van der Waals surface area contributed by atoms with E-state index in [2.05, 4.69) is 15.6 Å². The van der Waals surface area contributed by atoms with Crippen LogP contribution in [0.1, 0.15) is 12.8 Å². The van der Waals surface area contributed by atoms with E-state index in [0.717, 1.165) is 0 Å². The van der Waals surface area contributed by atoms with Crippen molar-refractivity contribution in [2.45, 2.75) is 23.4 Å². The molecule has 3 amide bonds. The number of hydrogen-bond acceptors (Lipinski definition) is 5. The van der Waals surface area contributed by atoms with E-state index in [0.29, 0.717) is 0 Å². The van der Waals surface area contributed by atoms with Crippen LogP contribution >= 0.6 is 0 Å². The topological polar surface area (TPSA) is 113 Å². The summed E-state index contributed by atoms with van der Waals surface area (Å²) in [5, 5.41) is 4.77.